The molecule has 0 aromatic rings. The third kappa shape index (κ3) is 69.3. The van der Waals surface area contributed by atoms with Gasteiger partial charge in [0.15, 0.2) is 12.2 Å². The van der Waals surface area contributed by atoms with Crippen LogP contribution in [0.25, 0.3) is 0 Å². The number of carbonyl (C=O) groups excluding carboxylic acids is 4. The van der Waals surface area contributed by atoms with E-state index in [1.165, 1.54) is 167 Å². The van der Waals surface area contributed by atoms with Crippen molar-refractivity contribution in [2.24, 2.45) is 17.8 Å². The molecule has 19 heteroatoms. The fraction of sp³-hybridized carbons (Fsp3) is 0.899. The first-order valence-electron chi connectivity index (χ1n) is 40.2. The quantitative estimate of drug-likeness (QED) is 0.0169. The molecule has 17 nitrogen and oxygen atoms in total. The molecule has 0 rings (SSSR count). The van der Waals surface area contributed by atoms with Gasteiger partial charge in [-0.05, 0) is 69.1 Å². The van der Waals surface area contributed by atoms with E-state index in [9.17, 15) is 43.2 Å². The van der Waals surface area contributed by atoms with E-state index in [2.05, 4.69) is 72.8 Å². The van der Waals surface area contributed by atoms with Gasteiger partial charge in [-0.15, -0.1) is 0 Å². The summed E-state index contributed by atoms with van der Waals surface area (Å²) in [7, 11) is -9.93. The minimum atomic E-state index is -4.97. The van der Waals surface area contributed by atoms with Gasteiger partial charge >= 0.3 is 39.5 Å². The van der Waals surface area contributed by atoms with Crippen molar-refractivity contribution >= 4 is 39.5 Å². The predicted octanol–water partition coefficient (Wildman–Crippen LogP) is 22.9. The Morgan fingerprint density at radius 1 is 0.337 bits per heavy atom. The summed E-state index contributed by atoms with van der Waals surface area (Å²) in [5, 5.41) is 10.6. The van der Waals surface area contributed by atoms with Crippen LogP contribution in [0.3, 0.4) is 0 Å². The first-order chi connectivity index (χ1) is 47.3. The fourth-order valence-corrected chi connectivity index (χ4v) is 13.1. The highest BCUT2D eigenvalue weighted by Gasteiger charge is 2.30. The van der Waals surface area contributed by atoms with Crippen LogP contribution >= 0.6 is 15.6 Å². The van der Waals surface area contributed by atoms with Gasteiger partial charge in [0.05, 0.1) is 26.4 Å². The average Bonchev–Trinajstić information content (AvgIpc) is 1.23. The zero-order valence-corrected chi connectivity index (χ0v) is 65.5. The maximum atomic E-state index is 13.1. The second-order valence-corrected chi connectivity index (χ2v) is 31.6. The Labute approximate surface area is 599 Å². The first-order valence-corrected chi connectivity index (χ1v) is 43.2. The topological polar surface area (TPSA) is 237 Å². The highest BCUT2D eigenvalue weighted by molar-refractivity contribution is 7.47. The van der Waals surface area contributed by atoms with Gasteiger partial charge in [-0.1, -0.05) is 330 Å². The van der Waals surface area contributed by atoms with Gasteiger partial charge in [0.25, 0.3) is 0 Å². The summed E-state index contributed by atoms with van der Waals surface area (Å²) in [4.78, 5) is 72.9. The maximum absolute atomic E-state index is 13.1. The number of esters is 4. The summed E-state index contributed by atoms with van der Waals surface area (Å²) in [6.45, 7) is 11.9. The van der Waals surface area contributed by atoms with Crippen molar-refractivity contribution in [3.8, 4) is 0 Å². The van der Waals surface area contributed by atoms with Crippen LogP contribution in [0.4, 0.5) is 0 Å². The Morgan fingerprint density at radius 3 is 0.908 bits per heavy atom. The van der Waals surface area contributed by atoms with Crippen molar-refractivity contribution in [2.45, 2.75) is 401 Å². The molecule has 0 aliphatic heterocycles. The highest BCUT2D eigenvalue weighted by atomic mass is 31.2. The van der Waals surface area contributed by atoms with E-state index in [1.807, 2.05) is 0 Å². The number of aliphatic hydroxyl groups is 1. The van der Waals surface area contributed by atoms with Crippen LogP contribution in [0, 0.1) is 17.8 Å². The second-order valence-electron chi connectivity index (χ2n) is 28.7. The van der Waals surface area contributed by atoms with Crippen molar-refractivity contribution in [2.75, 3.05) is 39.6 Å². The molecule has 0 saturated carbocycles. The summed E-state index contributed by atoms with van der Waals surface area (Å²) in [6, 6.07) is 0. The Balaban J connectivity index is 5.29. The molecule has 0 aromatic heterocycles. The van der Waals surface area contributed by atoms with E-state index in [1.54, 1.807) is 0 Å². The summed E-state index contributed by atoms with van der Waals surface area (Å²) in [6.07, 6.45) is 59.0. The van der Waals surface area contributed by atoms with Crippen LogP contribution in [0.15, 0.2) is 24.3 Å². The maximum Gasteiger partial charge on any atom is 0.472 e. The average molecular weight is 1430 g/mol. The minimum absolute atomic E-state index is 0.100. The fourth-order valence-electron chi connectivity index (χ4n) is 11.5. The summed E-state index contributed by atoms with van der Waals surface area (Å²) < 4.78 is 68.6. The molecule has 4 unspecified atom stereocenters. The molecule has 3 N–H and O–H groups in total. The van der Waals surface area contributed by atoms with Crippen LogP contribution in [-0.2, 0) is 65.4 Å². The van der Waals surface area contributed by atoms with Gasteiger partial charge in [-0.3, -0.25) is 37.3 Å². The zero-order valence-electron chi connectivity index (χ0n) is 63.7. The van der Waals surface area contributed by atoms with E-state index in [4.69, 9.17) is 37.0 Å². The van der Waals surface area contributed by atoms with Crippen molar-refractivity contribution in [3.05, 3.63) is 24.3 Å². The lowest BCUT2D eigenvalue weighted by Gasteiger charge is -2.21. The van der Waals surface area contributed by atoms with Gasteiger partial charge < -0.3 is 33.8 Å². The summed E-state index contributed by atoms with van der Waals surface area (Å²) in [5.41, 5.74) is 0. The minimum Gasteiger partial charge on any atom is -0.462 e. The molecule has 0 amide bonds. The Morgan fingerprint density at radius 2 is 0.602 bits per heavy atom. The van der Waals surface area contributed by atoms with Crippen molar-refractivity contribution < 1.29 is 80.2 Å². The lowest BCUT2D eigenvalue weighted by atomic mass is 9.99. The molecule has 7 atom stereocenters. The highest BCUT2D eigenvalue weighted by Crippen LogP contribution is 2.45. The molecule has 0 heterocycles. The Hall–Kier alpha value is -2.46. The SMILES string of the molecule is CCCCCC/C=C\C=C/CCCCCCCC(=O)OC[C@H](COP(=O)(O)OC[C@@H](O)COP(=O)(O)OC[C@@H](COC(=O)CCCCCCCCC(C)CC)OC(=O)CCCCCCCCCCCCCCC(C)C)OC(=O)CCCCCCCCCCCCCCCCC(C)CC. The molecule has 98 heavy (non-hydrogen) atoms. The monoisotopic (exact) mass is 1430 g/mol. The third-order valence-corrected chi connectivity index (χ3v) is 20.4. The van der Waals surface area contributed by atoms with Crippen LogP contribution < -0.4 is 0 Å². The summed E-state index contributed by atoms with van der Waals surface area (Å²) >= 11 is 0. The van der Waals surface area contributed by atoms with Crippen molar-refractivity contribution in [1.82, 2.24) is 0 Å². The molecular weight excluding hydrogens is 1280 g/mol. The lowest BCUT2D eigenvalue weighted by molar-refractivity contribution is -0.161. The van der Waals surface area contributed by atoms with Gasteiger partial charge in [0.2, 0.25) is 0 Å². The first kappa shape index (κ1) is 95.5. The Bertz CT molecular complexity index is 2000. The van der Waals surface area contributed by atoms with Crippen LogP contribution in [-0.4, -0.2) is 96.7 Å². The lowest BCUT2D eigenvalue weighted by Crippen LogP contribution is -2.30. The number of ether oxygens (including phenoxy) is 4. The number of rotatable bonds is 75. The largest absolute Gasteiger partial charge is 0.472 e. The molecule has 0 saturated heterocycles. The number of hydrogen-bond donors (Lipinski definition) is 3. The molecule has 0 aromatic carbocycles. The molecule has 0 spiro atoms. The van der Waals surface area contributed by atoms with Gasteiger partial charge in [-0.2, -0.15) is 0 Å². The van der Waals surface area contributed by atoms with Crippen molar-refractivity contribution in [3.63, 3.8) is 0 Å². The van der Waals surface area contributed by atoms with Crippen LogP contribution in [0.2, 0.25) is 0 Å². The second kappa shape index (κ2) is 68.9. The smallest absolute Gasteiger partial charge is 0.462 e. The molecule has 0 aliphatic rings. The standard InChI is InChI=1S/C79H150O17P2/c1-8-11-12-13-14-15-16-17-18-22-28-33-38-46-53-60-76(81)89-66-74(95-78(83)62-55-48-39-34-29-23-20-19-21-27-32-37-44-51-58-71(6)9-2)68-93-97(85,86)91-64-73(80)65-92-98(87,88)94-69-75(67-90-77(82)61-54-47-42-41-45-52-59-72(7)10-3)96-79(84)63-56-49-40-35-30-25-24-26-31-36-43-50-57-70(4)5/h15-18,70-75,80H,8-14,19-69H2,1-7H3,(H,85,86)(H,87,88)/b16-15-,18-17-/t71?,72?,73-,74-,75-/m1/s1. The van der Waals surface area contributed by atoms with E-state index >= 15 is 0 Å². The number of carbonyl (C=O) groups is 4. The predicted molar refractivity (Wildman–Crippen MR) is 400 cm³/mol. The van der Waals surface area contributed by atoms with Gasteiger partial charge in [0.1, 0.15) is 19.3 Å². The number of phosphoric ester groups is 2. The van der Waals surface area contributed by atoms with Crippen LogP contribution in [0.1, 0.15) is 382 Å². The molecule has 0 fully saturated rings. The molecule has 0 radical (unpaired) electrons. The van der Waals surface area contributed by atoms with Crippen LogP contribution in [0.5, 0.6) is 0 Å². The Kier molecular flexibility index (Phi) is 67.2. The number of aliphatic hydroxyl groups excluding tert-OH is 1. The number of hydrogen-bond acceptors (Lipinski definition) is 15. The van der Waals surface area contributed by atoms with Crippen molar-refractivity contribution in [1.29, 1.82) is 0 Å². The number of unbranched alkanes of at least 4 members (excludes halogenated alkanes) is 38. The number of allylic oxidation sites excluding steroid dienone is 4. The molecule has 0 aliphatic carbocycles. The van der Waals surface area contributed by atoms with Gasteiger partial charge in [0, 0.05) is 25.7 Å². The van der Waals surface area contributed by atoms with E-state index in [-0.39, 0.29) is 25.7 Å². The summed E-state index contributed by atoms with van der Waals surface area (Å²) in [5.74, 6) is 0.203. The molecule has 0 bridgehead atoms. The molecule has 578 valence electrons. The third-order valence-electron chi connectivity index (χ3n) is 18.5. The number of phosphoric acid groups is 2. The normalized spacial score (nSPS) is 14.7. The molecular formula is C79H150O17P2. The van der Waals surface area contributed by atoms with E-state index < -0.39 is 97.5 Å². The van der Waals surface area contributed by atoms with Gasteiger partial charge in [-0.25, -0.2) is 9.13 Å². The van der Waals surface area contributed by atoms with E-state index in [0.717, 1.165) is 133 Å². The van der Waals surface area contributed by atoms with E-state index in [0.29, 0.717) is 25.7 Å². The zero-order chi connectivity index (χ0) is 72.3.